The molecule has 5 nitrogen and oxygen atoms in total. The highest BCUT2D eigenvalue weighted by Gasteiger charge is 2.05. The molecule has 0 spiro atoms. The van der Waals surface area contributed by atoms with Crippen molar-refractivity contribution in [1.82, 2.24) is 9.97 Å². The van der Waals surface area contributed by atoms with E-state index in [1.165, 1.54) is 6.33 Å². The van der Waals surface area contributed by atoms with E-state index in [1.54, 1.807) is 7.11 Å². The van der Waals surface area contributed by atoms with Crippen LogP contribution in [0.4, 0.5) is 23.0 Å². The number of methoxy groups -OCH3 is 1. The number of nitrogens with zero attached hydrogens (tertiary/aromatic N) is 2. The van der Waals surface area contributed by atoms with Crippen LogP contribution in [0, 0.1) is 6.92 Å². The minimum atomic E-state index is 0.695. The lowest BCUT2D eigenvalue weighted by molar-refractivity contribution is 0.417. The summed E-state index contributed by atoms with van der Waals surface area (Å²) in [6.45, 7) is 2.05. The molecule has 0 amide bonds. The number of hydrogen-bond acceptors (Lipinski definition) is 5. The Kier molecular flexibility index (Phi) is 4.38. The predicted molar refractivity (Wildman–Crippen MR) is 92.8 cm³/mol. The SMILES string of the molecule is COc1ccccc1Nc1cc(Nc2ccccc2C)ncn1. The van der Waals surface area contributed by atoms with Gasteiger partial charge in [0.15, 0.2) is 0 Å². The fourth-order valence-electron chi connectivity index (χ4n) is 2.23. The molecule has 0 aliphatic carbocycles. The molecule has 5 heteroatoms. The Bertz CT molecular complexity index is 804. The maximum absolute atomic E-state index is 5.34. The van der Waals surface area contributed by atoms with Crippen molar-refractivity contribution in [3.63, 3.8) is 0 Å². The van der Waals surface area contributed by atoms with Gasteiger partial charge in [0.2, 0.25) is 0 Å². The lowest BCUT2D eigenvalue weighted by Crippen LogP contribution is -2.00. The molecule has 116 valence electrons. The number of aromatic nitrogens is 2. The van der Waals surface area contributed by atoms with Crippen molar-refractivity contribution in [2.24, 2.45) is 0 Å². The van der Waals surface area contributed by atoms with E-state index in [0.29, 0.717) is 5.82 Å². The first-order chi connectivity index (χ1) is 11.3. The van der Waals surface area contributed by atoms with Crippen molar-refractivity contribution in [3.8, 4) is 5.75 Å². The smallest absolute Gasteiger partial charge is 0.142 e. The lowest BCUT2D eigenvalue weighted by Gasteiger charge is -2.12. The Hall–Kier alpha value is -3.08. The quantitative estimate of drug-likeness (QED) is 0.736. The average molecular weight is 306 g/mol. The number of para-hydroxylation sites is 3. The summed E-state index contributed by atoms with van der Waals surface area (Å²) >= 11 is 0. The highest BCUT2D eigenvalue weighted by molar-refractivity contribution is 5.67. The maximum atomic E-state index is 5.34. The number of aryl methyl sites for hydroxylation is 1. The van der Waals surface area contributed by atoms with Gasteiger partial charge in [-0.25, -0.2) is 9.97 Å². The Labute approximate surface area is 135 Å². The van der Waals surface area contributed by atoms with Gasteiger partial charge in [-0.2, -0.15) is 0 Å². The molecule has 3 rings (SSSR count). The maximum Gasteiger partial charge on any atom is 0.142 e. The molecule has 0 bridgehead atoms. The predicted octanol–water partition coefficient (Wildman–Crippen LogP) is 4.28. The van der Waals surface area contributed by atoms with Crippen LogP contribution in [0.3, 0.4) is 0 Å². The van der Waals surface area contributed by atoms with Crippen molar-refractivity contribution in [2.75, 3.05) is 17.7 Å². The van der Waals surface area contributed by atoms with Gasteiger partial charge in [0.25, 0.3) is 0 Å². The van der Waals surface area contributed by atoms with Gasteiger partial charge in [-0.3, -0.25) is 0 Å². The third-order valence-electron chi connectivity index (χ3n) is 3.44. The van der Waals surface area contributed by atoms with Gasteiger partial charge >= 0.3 is 0 Å². The van der Waals surface area contributed by atoms with Crippen LogP contribution >= 0.6 is 0 Å². The number of benzene rings is 2. The van der Waals surface area contributed by atoms with Crippen LogP contribution in [0.2, 0.25) is 0 Å². The van der Waals surface area contributed by atoms with E-state index >= 15 is 0 Å². The molecule has 2 N–H and O–H groups in total. The summed E-state index contributed by atoms with van der Waals surface area (Å²) in [5.74, 6) is 2.19. The Balaban J connectivity index is 1.81. The van der Waals surface area contributed by atoms with Crippen molar-refractivity contribution < 1.29 is 4.74 Å². The summed E-state index contributed by atoms with van der Waals surface area (Å²) in [4.78, 5) is 8.52. The zero-order valence-electron chi connectivity index (χ0n) is 13.1. The van der Waals surface area contributed by atoms with Gasteiger partial charge in [-0.15, -0.1) is 0 Å². The molecule has 0 unspecified atom stereocenters. The van der Waals surface area contributed by atoms with Gasteiger partial charge < -0.3 is 15.4 Å². The van der Waals surface area contributed by atoms with Gasteiger partial charge in [-0.1, -0.05) is 30.3 Å². The summed E-state index contributed by atoms with van der Waals surface area (Å²) in [6, 6.07) is 17.6. The zero-order chi connectivity index (χ0) is 16.1. The molecule has 3 aromatic rings. The highest BCUT2D eigenvalue weighted by Crippen LogP contribution is 2.27. The first kappa shape index (κ1) is 14.8. The van der Waals surface area contributed by atoms with Crippen molar-refractivity contribution in [3.05, 3.63) is 66.5 Å². The van der Waals surface area contributed by atoms with E-state index in [2.05, 4.69) is 33.6 Å². The molecule has 0 aliphatic rings. The molecule has 23 heavy (non-hydrogen) atoms. The van der Waals surface area contributed by atoms with Crippen LogP contribution in [-0.2, 0) is 0 Å². The van der Waals surface area contributed by atoms with Crippen LogP contribution in [0.1, 0.15) is 5.56 Å². The first-order valence-corrected chi connectivity index (χ1v) is 7.31. The number of ether oxygens (including phenoxy) is 1. The number of nitrogens with one attached hydrogen (secondary N) is 2. The Morgan fingerprint density at radius 1 is 0.826 bits per heavy atom. The summed E-state index contributed by atoms with van der Waals surface area (Å²) in [5, 5.41) is 6.55. The van der Waals surface area contributed by atoms with Gasteiger partial charge in [-0.05, 0) is 30.7 Å². The van der Waals surface area contributed by atoms with Crippen LogP contribution in [-0.4, -0.2) is 17.1 Å². The summed E-state index contributed by atoms with van der Waals surface area (Å²) in [6.07, 6.45) is 1.53. The highest BCUT2D eigenvalue weighted by atomic mass is 16.5. The monoisotopic (exact) mass is 306 g/mol. The molecule has 0 radical (unpaired) electrons. The molecular weight excluding hydrogens is 288 g/mol. The molecule has 0 fully saturated rings. The zero-order valence-corrected chi connectivity index (χ0v) is 13.1. The van der Waals surface area contributed by atoms with E-state index in [4.69, 9.17) is 4.74 Å². The minimum absolute atomic E-state index is 0.695. The van der Waals surface area contributed by atoms with E-state index in [9.17, 15) is 0 Å². The number of rotatable bonds is 5. The normalized spacial score (nSPS) is 10.2. The third-order valence-corrected chi connectivity index (χ3v) is 3.44. The number of anilines is 4. The Morgan fingerprint density at radius 3 is 2.13 bits per heavy atom. The summed E-state index contributed by atoms with van der Waals surface area (Å²) < 4.78 is 5.34. The van der Waals surface area contributed by atoms with E-state index in [1.807, 2.05) is 48.5 Å². The second-order valence-corrected chi connectivity index (χ2v) is 5.05. The molecule has 1 heterocycles. The molecule has 0 saturated carbocycles. The van der Waals surface area contributed by atoms with Gasteiger partial charge in [0, 0.05) is 11.8 Å². The lowest BCUT2D eigenvalue weighted by atomic mass is 10.2. The van der Waals surface area contributed by atoms with E-state index in [-0.39, 0.29) is 0 Å². The second kappa shape index (κ2) is 6.79. The summed E-state index contributed by atoms with van der Waals surface area (Å²) in [5.41, 5.74) is 3.04. The van der Waals surface area contributed by atoms with Crippen molar-refractivity contribution in [2.45, 2.75) is 6.92 Å². The largest absolute Gasteiger partial charge is 0.495 e. The number of hydrogen-bond donors (Lipinski definition) is 2. The average Bonchev–Trinajstić information content (AvgIpc) is 2.58. The summed E-state index contributed by atoms with van der Waals surface area (Å²) in [7, 11) is 1.64. The van der Waals surface area contributed by atoms with Gasteiger partial charge in [0.05, 0.1) is 12.8 Å². The molecule has 1 aromatic heterocycles. The fraction of sp³-hybridized carbons (Fsp3) is 0.111. The van der Waals surface area contributed by atoms with Crippen LogP contribution in [0.25, 0.3) is 0 Å². The molecular formula is C18H18N4O. The molecule has 0 atom stereocenters. The minimum Gasteiger partial charge on any atom is -0.495 e. The van der Waals surface area contributed by atoms with Crippen LogP contribution in [0.5, 0.6) is 5.75 Å². The van der Waals surface area contributed by atoms with E-state index in [0.717, 1.165) is 28.5 Å². The van der Waals surface area contributed by atoms with Crippen molar-refractivity contribution >= 4 is 23.0 Å². The third kappa shape index (κ3) is 3.58. The van der Waals surface area contributed by atoms with Crippen LogP contribution in [0.15, 0.2) is 60.9 Å². The molecule has 2 aromatic carbocycles. The first-order valence-electron chi connectivity index (χ1n) is 7.31. The van der Waals surface area contributed by atoms with Gasteiger partial charge in [0.1, 0.15) is 23.7 Å². The van der Waals surface area contributed by atoms with Crippen molar-refractivity contribution in [1.29, 1.82) is 0 Å². The topological polar surface area (TPSA) is 59.1 Å². The molecule has 0 aliphatic heterocycles. The molecule has 0 saturated heterocycles. The standard InChI is InChI=1S/C18H18N4O/c1-13-7-3-4-8-14(13)21-17-11-18(20-12-19-17)22-15-9-5-6-10-16(15)23-2/h3-12H,1-2H3,(H2,19,20,21,22). The fourth-order valence-corrected chi connectivity index (χ4v) is 2.23. The second-order valence-electron chi connectivity index (χ2n) is 5.05. The van der Waals surface area contributed by atoms with Crippen LogP contribution < -0.4 is 15.4 Å². The van der Waals surface area contributed by atoms with E-state index < -0.39 is 0 Å². The Morgan fingerprint density at radius 2 is 1.43 bits per heavy atom.